The summed E-state index contributed by atoms with van der Waals surface area (Å²) >= 11 is 0.670. The number of sulfonamides is 1. The second kappa shape index (κ2) is 4.61. The SMILES string of the molecule is CC#CCNS(=O)(=O)c1sc(=O)[nH]c1C. The molecular formula is C8H10N2O3S2. The van der Waals surface area contributed by atoms with Gasteiger partial charge in [-0.05, 0) is 13.8 Å². The van der Waals surface area contributed by atoms with Gasteiger partial charge in [0, 0.05) is 5.69 Å². The van der Waals surface area contributed by atoms with Gasteiger partial charge in [-0.1, -0.05) is 17.3 Å². The van der Waals surface area contributed by atoms with E-state index in [1.54, 1.807) is 6.92 Å². The first-order valence-electron chi connectivity index (χ1n) is 4.06. The molecule has 0 aliphatic heterocycles. The van der Waals surface area contributed by atoms with Gasteiger partial charge in [-0.3, -0.25) is 4.79 Å². The number of hydrogen-bond donors (Lipinski definition) is 2. The van der Waals surface area contributed by atoms with Gasteiger partial charge < -0.3 is 4.98 Å². The lowest BCUT2D eigenvalue weighted by Gasteiger charge is -2.00. The Hall–Kier alpha value is -1.10. The van der Waals surface area contributed by atoms with Crippen LogP contribution in [0.5, 0.6) is 0 Å². The summed E-state index contributed by atoms with van der Waals surface area (Å²) in [5.74, 6) is 5.14. The van der Waals surface area contributed by atoms with Gasteiger partial charge >= 0.3 is 4.87 Å². The van der Waals surface area contributed by atoms with E-state index in [9.17, 15) is 13.2 Å². The van der Waals surface area contributed by atoms with Crippen molar-refractivity contribution in [1.82, 2.24) is 9.71 Å². The zero-order valence-corrected chi connectivity index (χ0v) is 9.88. The van der Waals surface area contributed by atoms with E-state index >= 15 is 0 Å². The Morgan fingerprint density at radius 1 is 1.53 bits per heavy atom. The second-order valence-corrected chi connectivity index (χ2v) is 5.62. The topological polar surface area (TPSA) is 79.0 Å². The lowest BCUT2D eigenvalue weighted by atomic mass is 10.6. The fraction of sp³-hybridized carbons (Fsp3) is 0.375. The minimum atomic E-state index is -3.61. The third-order valence-corrected chi connectivity index (χ3v) is 4.56. The summed E-state index contributed by atoms with van der Waals surface area (Å²) in [7, 11) is -3.61. The molecule has 0 unspecified atom stereocenters. The van der Waals surface area contributed by atoms with Crippen LogP contribution >= 0.6 is 11.3 Å². The van der Waals surface area contributed by atoms with Crippen LogP contribution in [0.15, 0.2) is 9.00 Å². The Labute approximate surface area is 91.6 Å². The summed E-state index contributed by atoms with van der Waals surface area (Å²) in [4.78, 5) is 13.0. The van der Waals surface area contributed by atoms with E-state index in [4.69, 9.17) is 0 Å². The number of aryl methyl sites for hydroxylation is 1. The van der Waals surface area contributed by atoms with Crippen molar-refractivity contribution in [3.8, 4) is 11.8 Å². The predicted molar refractivity (Wildman–Crippen MR) is 58.3 cm³/mol. The monoisotopic (exact) mass is 246 g/mol. The van der Waals surface area contributed by atoms with E-state index in [1.807, 2.05) is 0 Å². The third-order valence-electron chi connectivity index (χ3n) is 1.55. The highest BCUT2D eigenvalue weighted by molar-refractivity contribution is 7.91. The van der Waals surface area contributed by atoms with Gasteiger partial charge in [-0.25, -0.2) is 8.42 Å². The Bertz CT molecular complexity index is 557. The number of aromatic nitrogens is 1. The lowest BCUT2D eigenvalue weighted by Crippen LogP contribution is -2.23. The molecule has 2 N–H and O–H groups in total. The van der Waals surface area contributed by atoms with Crippen LogP contribution in [0.2, 0.25) is 0 Å². The summed E-state index contributed by atoms with van der Waals surface area (Å²) in [6.07, 6.45) is 0. The van der Waals surface area contributed by atoms with Gasteiger partial charge in [0.25, 0.3) is 10.0 Å². The standard InChI is InChI=1S/C8H10N2O3S2/c1-3-4-5-9-15(12,13)7-6(2)10-8(11)14-7/h9H,5H2,1-2H3,(H,10,11). The summed E-state index contributed by atoms with van der Waals surface area (Å²) in [6.45, 7) is 3.20. The summed E-state index contributed by atoms with van der Waals surface area (Å²) in [6, 6.07) is 0. The molecule has 1 aromatic heterocycles. The molecule has 1 aromatic rings. The van der Waals surface area contributed by atoms with Crippen LogP contribution in [-0.4, -0.2) is 19.9 Å². The van der Waals surface area contributed by atoms with E-state index in [2.05, 4.69) is 21.5 Å². The van der Waals surface area contributed by atoms with Gasteiger partial charge in [0.2, 0.25) is 0 Å². The normalized spacial score (nSPS) is 10.8. The minimum Gasteiger partial charge on any atom is -0.315 e. The van der Waals surface area contributed by atoms with Crippen molar-refractivity contribution in [3.63, 3.8) is 0 Å². The zero-order chi connectivity index (χ0) is 11.5. The van der Waals surface area contributed by atoms with Crippen molar-refractivity contribution >= 4 is 21.4 Å². The maximum absolute atomic E-state index is 11.6. The average molecular weight is 246 g/mol. The summed E-state index contributed by atoms with van der Waals surface area (Å²) < 4.78 is 25.5. The molecule has 0 amide bonds. The van der Waals surface area contributed by atoms with Crippen molar-refractivity contribution in [3.05, 3.63) is 15.4 Å². The minimum absolute atomic E-state index is 0.0189. The molecule has 0 fully saturated rings. The highest BCUT2D eigenvalue weighted by Gasteiger charge is 2.19. The molecule has 15 heavy (non-hydrogen) atoms. The molecule has 0 spiro atoms. The number of aromatic amines is 1. The first-order chi connectivity index (χ1) is 6.97. The number of nitrogens with one attached hydrogen (secondary N) is 2. The van der Waals surface area contributed by atoms with E-state index in [0.29, 0.717) is 17.0 Å². The molecule has 82 valence electrons. The third kappa shape index (κ3) is 2.92. The quantitative estimate of drug-likeness (QED) is 0.739. The molecule has 7 heteroatoms. The first kappa shape index (κ1) is 12.0. The summed E-state index contributed by atoms with van der Waals surface area (Å²) in [5, 5.41) is 0. The van der Waals surface area contributed by atoms with E-state index in [1.165, 1.54) is 6.92 Å². The molecule has 0 saturated heterocycles. The lowest BCUT2D eigenvalue weighted by molar-refractivity contribution is 0.587. The molecule has 1 rings (SSSR count). The Morgan fingerprint density at radius 2 is 2.20 bits per heavy atom. The molecule has 0 aliphatic carbocycles. The maximum Gasteiger partial charge on any atom is 0.305 e. The Morgan fingerprint density at radius 3 is 2.67 bits per heavy atom. The smallest absolute Gasteiger partial charge is 0.305 e. The largest absolute Gasteiger partial charge is 0.315 e. The predicted octanol–water partition coefficient (Wildman–Crippen LogP) is 0.0464. The molecule has 0 aromatic carbocycles. The van der Waals surface area contributed by atoms with Gasteiger partial charge in [0.05, 0.1) is 6.54 Å². The van der Waals surface area contributed by atoms with Gasteiger partial charge in [-0.15, -0.1) is 5.92 Å². The fourth-order valence-corrected chi connectivity index (χ4v) is 3.20. The van der Waals surface area contributed by atoms with Crippen LogP contribution in [-0.2, 0) is 10.0 Å². The second-order valence-electron chi connectivity index (χ2n) is 2.68. The van der Waals surface area contributed by atoms with Crippen LogP contribution in [0.4, 0.5) is 0 Å². The molecule has 5 nitrogen and oxygen atoms in total. The molecule has 0 bridgehead atoms. The van der Waals surface area contributed by atoms with Crippen LogP contribution in [0.1, 0.15) is 12.6 Å². The first-order valence-corrected chi connectivity index (χ1v) is 6.36. The Balaban J connectivity index is 2.99. The van der Waals surface area contributed by atoms with E-state index in [-0.39, 0.29) is 15.6 Å². The van der Waals surface area contributed by atoms with Gasteiger partial charge in [0.1, 0.15) is 0 Å². The van der Waals surface area contributed by atoms with E-state index < -0.39 is 10.0 Å². The van der Waals surface area contributed by atoms with Crippen LogP contribution in [0.3, 0.4) is 0 Å². The fourth-order valence-electron chi connectivity index (χ4n) is 0.932. The molecule has 0 atom stereocenters. The van der Waals surface area contributed by atoms with Crippen molar-refractivity contribution in [1.29, 1.82) is 0 Å². The van der Waals surface area contributed by atoms with Crippen molar-refractivity contribution in [2.75, 3.05) is 6.54 Å². The van der Waals surface area contributed by atoms with Crippen molar-refractivity contribution < 1.29 is 8.42 Å². The van der Waals surface area contributed by atoms with Crippen LogP contribution in [0.25, 0.3) is 0 Å². The molecule has 0 aliphatic rings. The molecule has 1 heterocycles. The van der Waals surface area contributed by atoms with Crippen molar-refractivity contribution in [2.24, 2.45) is 0 Å². The number of hydrogen-bond acceptors (Lipinski definition) is 4. The maximum atomic E-state index is 11.6. The van der Waals surface area contributed by atoms with Crippen LogP contribution in [0, 0.1) is 18.8 Å². The van der Waals surface area contributed by atoms with Crippen molar-refractivity contribution in [2.45, 2.75) is 18.1 Å². The molecular weight excluding hydrogens is 236 g/mol. The average Bonchev–Trinajstić information content (AvgIpc) is 2.46. The van der Waals surface area contributed by atoms with Gasteiger partial charge in [0.15, 0.2) is 4.21 Å². The molecule has 0 radical (unpaired) electrons. The number of rotatable bonds is 3. The number of thiazole rings is 1. The highest BCUT2D eigenvalue weighted by atomic mass is 32.2. The van der Waals surface area contributed by atoms with E-state index in [0.717, 1.165) is 0 Å². The highest BCUT2D eigenvalue weighted by Crippen LogP contribution is 2.14. The molecule has 0 saturated carbocycles. The number of H-pyrrole nitrogens is 1. The van der Waals surface area contributed by atoms with Gasteiger partial charge in [-0.2, -0.15) is 4.72 Å². The summed E-state index contributed by atoms with van der Waals surface area (Å²) in [5.41, 5.74) is 0.349. The van der Waals surface area contributed by atoms with Crippen LogP contribution < -0.4 is 9.60 Å². The Kier molecular flexibility index (Phi) is 3.68. The zero-order valence-electron chi connectivity index (χ0n) is 8.25.